The first-order valence-corrected chi connectivity index (χ1v) is 12.5. The molecule has 0 saturated carbocycles. The number of hydrogen-bond acceptors (Lipinski definition) is 4. The summed E-state index contributed by atoms with van der Waals surface area (Å²) in [7, 11) is 0. The highest BCUT2D eigenvalue weighted by atomic mass is 16.6. The van der Waals surface area contributed by atoms with Gasteiger partial charge in [-0.2, -0.15) is 0 Å². The Morgan fingerprint density at radius 1 is 1.22 bits per heavy atom. The molecule has 0 aromatic rings. The molecule has 0 N–H and O–H groups in total. The molecule has 0 aliphatic carbocycles. The van der Waals surface area contributed by atoms with E-state index < -0.39 is 0 Å². The highest BCUT2D eigenvalue weighted by molar-refractivity contribution is 5.79. The van der Waals surface area contributed by atoms with E-state index in [1.165, 1.54) is 12.8 Å². The second-order valence-electron chi connectivity index (χ2n) is 10.4. The minimum Gasteiger partial charge on any atom is -0.457 e. The molecule has 0 aromatic carbocycles. The summed E-state index contributed by atoms with van der Waals surface area (Å²) in [5.41, 5.74) is 0.685. The fourth-order valence-corrected chi connectivity index (χ4v) is 4.69. The molecule has 0 amide bonds. The van der Waals surface area contributed by atoms with Crippen molar-refractivity contribution in [1.29, 1.82) is 0 Å². The van der Waals surface area contributed by atoms with Crippen LogP contribution in [0.2, 0.25) is 0 Å². The molecular formula is C28H44O4. The van der Waals surface area contributed by atoms with Gasteiger partial charge in [0.25, 0.3) is 0 Å². The van der Waals surface area contributed by atoms with E-state index in [1.807, 2.05) is 6.92 Å². The fourth-order valence-electron chi connectivity index (χ4n) is 4.69. The van der Waals surface area contributed by atoms with Crippen LogP contribution in [0.5, 0.6) is 0 Å². The summed E-state index contributed by atoms with van der Waals surface area (Å²) in [6.45, 7) is 12.9. The van der Waals surface area contributed by atoms with E-state index in [2.05, 4.69) is 65.0 Å². The first-order chi connectivity index (χ1) is 15.1. The predicted molar refractivity (Wildman–Crippen MR) is 130 cm³/mol. The topological polar surface area (TPSA) is 55.9 Å². The van der Waals surface area contributed by atoms with Gasteiger partial charge < -0.3 is 9.47 Å². The van der Waals surface area contributed by atoms with Gasteiger partial charge in [0, 0.05) is 24.7 Å². The van der Waals surface area contributed by atoms with Crippen molar-refractivity contribution in [3.8, 4) is 0 Å². The molecule has 1 fully saturated rings. The first kappa shape index (κ1) is 26.6. The molecule has 4 heteroatoms. The summed E-state index contributed by atoms with van der Waals surface area (Å²) in [6, 6.07) is 0. The van der Waals surface area contributed by atoms with Gasteiger partial charge in [-0.1, -0.05) is 71.4 Å². The Balaban J connectivity index is 2.00. The zero-order valence-electron chi connectivity index (χ0n) is 21.1. The summed E-state index contributed by atoms with van der Waals surface area (Å²) >= 11 is 0. The molecule has 2 heterocycles. The van der Waals surface area contributed by atoms with Crippen molar-refractivity contribution in [2.24, 2.45) is 17.3 Å². The molecule has 5 unspecified atom stereocenters. The number of allylic oxidation sites excluding steroid dienone is 4. The molecule has 2 aliphatic heterocycles. The number of epoxide rings is 1. The molecule has 0 radical (unpaired) electrons. The average Bonchev–Trinajstić information content (AvgIpc) is 3.47. The zero-order valence-corrected chi connectivity index (χ0v) is 21.1. The Labute approximate surface area is 195 Å². The van der Waals surface area contributed by atoms with E-state index in [4.69, 9.17) is 9.47 Å². The summed E-state index contributed by atoms with van der Waals surface area (Å²) in [6.07, 6.45) is 17.1. The van der Waals surface area contributed by atoms with Gasteiger partial charge in [-0.3, -0.25) is 9.59 Å². The van der Waals surface area contributed by atoms with Crippen LogP contribution in [0.1, 0.15) is 92.9 Å². The minimum atomic E-state index is -0.345. The van der Waals surface area contributed by atoms with Crippen molar-refractivity contribution < 1.29 is 19.1 Å². The molecule has 4 nitrogen and oxygen atoms in total. The molecule has 32 heavy (non-hydrogen) atoms. The third kappa shape index (κ3) is 8.69. The minimum absolute atomic E-state index is 0.218. The molecule has 1 saturated heterocycles. The predicted octanol–water partition coefficient (Wildman–Crippen LogP) is 6.75. The van der Waals surface area contributed by atoms with Crippen LogP contribution < -0.4 is 0 Å². The second-order valence-corrected chi connectivity index (χ2v) is 10.4. The quantitative estimate of drug-likeness (QED) is 0.180. The van der Waals surface area contributed by atoms with Gasteiger partial charge in [-0.25, -0.2) is 0 Å². The highest BCUT2D eigenvalue weighted by Crippen LogP contribution is 2.36. The molecule has 2 aliphatic rings. The molecular weight excluding hydrogens is 400 g/mol. The van der Waals surface area contributed by atoms with Crippen LogP contribution in [-0.2, 0) is 19.1 Å². The Kier molecular flexibility index (Phi) is 10.4. The lowest BCUT2D eigenvalue weighted by Crippen LogP contribution is -2.34. The second kappa shape index (κ2) is 12.5. The zero-order chi connectivity index (χ0) is 23.7. The van der Waals surface area contributed by atoms with Gasteiger partial charge in [0.05, 0.1) is 12.2 Å². The number of Topliss-reactive ketones (excluding diaryl/α,β-unsaturated/α-hetero) is 1. The third-order valence-corrected chi connectivity index (χ3v) is 6.64. The van der Waals surface area contributed by atoms with E-state index in [-0.39, 0.29) is 23.3 Å². The maximum Gasteiger partial charge on any atom is 0.306 e. The van der Waals surface area contributed by atoms with Crippen LogP contribution in [0.3, 0.4) is 0 Å². The number of rotatable bonds is 8. The van der Waals surface area contributed by atoms with Gasteiger partial charge in [0.15, 0.2) is 0 Å². The van der Waals surface area contributed by atoms with Crippen LogP contribution in [0.15, 0.2) is 36.0 Å². The molecule has 0 aromatic heterocycles. The number of hydrogen-bond donors (Lipinski definition) is 0. The lowest BCUT2D eigenvalue weighted by Gasteiger charge is -2.32. The van der Waals surface area contributed by atoms with Crippen molar-refractivity contribution in [1.82, 2.24) is 0 Å². The number of ether oxygens (including phenoxy) is 2. The van der Waals surface area contributed by atoms with Crippen LogP contribution in [0, 0.1) is 17.3 Å². The normalized spacial score (nSPS) is 30.2. The van der Waals surface area contributed by atoms with Gasteiger partial charge in [0.1, 0.15) is 11.9 Å². The first-order valence-electron chi connectivity index (χ1n) is 12.5. The number of carbonyl (C=O) groups excluding carboxylic acids is 2. The van der Waals surface area contributed by atoms with Crippen LogP contribution in [0.25, 0.3) is 0 Å². The van der Waals surface area contributed by atoms with Crippen molar-refractivity contribution >= 4 is 11.8 Å². The third-order valence-electron chi connectivity index (χ3n) is 6.64. The van der Waals surface area contributed by atoms with E-state index in [1.54, 1.807) is 0 Å². The number of carbonyl (C=O) groups is 2. The number of ketones is 1. The highest BCUT2D eigenvalue weighted by Gasteiger charge is 2.42. The SMILES string of the molecule is CCCC(C)C1OC1CC(C)/C=C/C=C(\C)C1OC(=O)CCCC(=O)CC/C=C/C1(C)C. The summed E-state index contributed by atoms with van der Waals surface area (Å²) in [5.74, 6) is 1.07. The van der Waals surface area contributed by atoms with E-state index in [0.29, 0.717) is 49.7 Å². The smallest absolute Gasteiger partial charge is 0.306 e. The van der Waals surface area contributed by atoms with Gasteiger partial charge >= 0.3 is 5.97 Å². The summed E-state index contributed by atoms with van der Waals surface area (Å²) in [5, 5.41) is 0. The molecule has 180 valence electrons. The Hall–Kier alpha value is -1.68. The number of cyclic esters (lactones) is 1. The van der Waals surface area contributed by atoms with Crippen molar-refractivity contribution in [3.63, 3.8) is 0 Å². The molecule has 5 atom stereocenters. The summed E-state index contributed by atoms with van der Waals surface area (Å²) < 4.78 is 11.8. The Morgan fingerprint density at radius 3 is 2.69 bits per heavy atom. The van der Waals surface area contributed by atoms with E-state index in [0.717, 1.165) is 18.4 Å². The lowest BCUT2D eigenvalue weighted by molar-refractivity contribution is -0.151. The van der Waals surface area contributed by atoms with Crippen molar-refractivity contribution in [2.45, 2.75) is 111 Å². The standard InChI is InChI=1S/C28H44O4/c1-7-12-21(3)26-24(31-26)19-20(2)13-10-14-22(4)27-28(5,6)18-9-8-15-23(29)16-11-17-25(30)32-27/h9-10,13-14,18,20-21,24,26-27H,7-8,11-12,15-17,19H2,1-6H3/b13-10+,18-9+,22-14+. The molecule has 2 rings (SSSR count). The Morgan fingerprint density at radius 2 is 1.97 bits per heavy atom. The maximum absolute atomic E-state index is 12.4. The van der Waals surface area contributed by atoms with Crippen molar-refractivity contribution in [2.75, 3.05) is 0 Å². The van der Waals surface area contributed by atoms with Crippen LogP contribution in [-0.4, -0.2) is 30.1 Å². The fraction of sp³-hybridized carbons (Fsp3) is 0.714. The summed E-state index contributed by atoms with van der Waals surface area (Å²) in [4.78, 5) is 24.3. The monoisotopic (exact) mass is 444 g/mol. The van der Waals surface area contributed by atoms with Gasteiger partial charge in [0.2, 0.25) is 0 Å². The van der Waals surface area contributed by atoms with Gasteiger partial charge in [-0.15, -0.1) is 0 Å². The largest absolute Gasteiger partial charge is 0.457 e. The molecule has 0 spiro atoms. The van der Waals surface area contributed by atoms with Crippen molar-refractivity contribution in [3.05, 3.63) is 36.0 Å². The van der Waals surface area contributed by atoms with Crippen LogP contribution in [0.4, 0.5) is 0 Å². The lowest BCUT2D eigenvalue weighted by atomic mass is 9.81. The van der Waals surface area contributed by atoms with E-state index >= 15 is 0 Å². The molecule has 0 bridgehead atoms. The number of esters is 1. The average molecular weight is 445 g/mol. The van der Waals surface area contributed by atoms with Crippen LogP contribution >= 0.6 is 0 Å². The van der Waals surface area contributed by atoms with Gasteiger partial charge in [-0.05, 0) is 50.0 Å². The maximum atomic E-state index is 12.4. The van der Waals surface area contributed by atoms with E-state index in [9.17, 15) is 9.59 Å². The Bertz CT molecular complexity index is 715.